The van der Waals surface area contributed by atoms with Gasteiger partial charge in [-0.05, 0) is 21.9 Å². The van der Waals surface area contributed by atoms with Gasteiger partial charge < -0.3 is 4.52 Å². The van der Waals surface area contributed by atoms with E-state index in [1.165, 1.54) is 16.6 Å². The number of rotatable bonds is 6. The van der Waals surface area contributed by atoms with E-state index in [0.29, 0.717) is 18.2 Å². The highest BCUT2D eigenvalue weighted by Crippen LogP contribution is 2.20. The summed E-state index contributed by atoms with van der Waals surface area (Å²) in [5.74, 6) is 1.88. The van der Waals surface area contributed by atoms with Gasteiger partial charge in [-0.15, -0.1) is 16.4 Å². The molecule has 0 aliphatic rings. The van der Waals surface area contributed by atoms with Gasteiger partial charge in [-0.1, -0.05) is 29.9 Å². The van der Waals surface area contributed by atoms with Crippen molar-refractivity contribution in [3.63, 3.8) is 0 Å². The van der Waals surface area contributed by atoms with Crippen LogP contribution in [0.4, 0.5) is 0 Å². The first-order chi connectivity index (χ1) is 9.85. The van der Waals surface area contributed by atoms with E-state index in [0.717, 1.165) is 17.4 Å². The Bertz CT molecular complexity index is 662. The molecule has 104 valence electrons. The second kappa shape index (κ2) is 6.14. The fourth-order valence-corrected chi connectivity index (χ4v) is 2.97. The van der Waals surface area contributed by atoms with Gasteiger partial charge in [-0.25, -0.2) is 4.68 Å². The van der Waals surface area contributed by atoms with Crippen molar-refractivity contribution < 1.29 is 4.52 Å². The molecule has 7 nitrogen and oxygen atoms in total. The van der Waals surface area contributed by atoms with Crippen LogP contribution in [0.25, 0.3) is 0 Å². The SMILES string of the molecule is CCc1noc(CSc2nnnn2Cc2cccs2)n1. The minimum absolute atomic E-state index is 0.567. The Balaban J connectivity index is 1.64. The van der Waals surface area contributed by atoms with Crippen molar-refractivity contribution in [3.8, 4) is 0 Å². The van der Waals surface area contributed by atoms with Crippen molar-refractivity contribution in [2.75, 3.05) is 0 Å². The third-order valence-corrected chi connectivity index (χ3v) is 4.34. The van der Waals surface area contributed by atoms with Crippen LogP contribution in [-0.2, 0) is 18.7 Å². The Kier molecular flexibility index (Phi) is 4.07. The van der Waals surface area contributed by atoms with Gasteiger partial charge in [-0.3, -0.25) is 0 Å². The number of hydrogen-bond acceptors (Lipinski definition) is 8. The van der Waals surface area contributed by atoms with Crippen LogP contribution in [0.15, 0.2) is 27.2 Å². The van der Waals surface area contributed by atoms with E-state index in [-0.39, 0.29) is 0 Å². The molecule has 0 unspecified atom stereocenters. The Morgan fingerprint density at radius 2 is 2.40 bits per heavy atom. The second-order valence-electron chi connectivity index (χ2n) is 3.95. The standard InChI is InChI=1S/C11H12N6OS2/c1-2-9-12-10(18-14-9)7-20-11-13-15-16-17(11)6-8-4-3-5-19-8/h3-5H,2,6-7H2,1H3. The minimum Gasteiger partial charge on any atom is -0.338 e. The Labute approximate surface area is 123 Å². The molecule has 20 heavy (non-hydrogen) atoms. The van der Waals surface area contributed by atoms with E-state index in [1.807, 2.05) is 18.4 Å². The average molecular weight is 308 g/mol. The third kappa shape index (κ3) is 3.05. The van der Waals surface area contributed by atoms with E-state index in [1.54, 1.807) is 16.0 Å². The summed E-state index contributed by atoms with van der Waals surface area (Å²) < 4.78 is 6.91. The zero-order valence-electron chi connectivity index (χ0n) is 10.8. The van der Waals surface area contributed by atoms with Gasteiger partial charge in [0.25, 0.3) is 0 Å². The lowest BCUT2D eigenvalue weighted by Crippen LogP contribution is -2.02. The van der Waals surface area contributed by atoms with Gasteiger partial charge in [0.1, 0.15) is 0 Å². The summed E-state index contributed by atoms with van der Waals surface area (Å²) in [6.07, 6.45) is 0.768. The fraction of sp³-hybridized carbons (Fsp3) is 0.364. The maximum atomic E-state index is 5.14. The predicted molar refractivity (Wildman–Crippen MR) is 74.5 cm³/mol. The van der Waals surface area contributed by atoms with E-state index < -0.39 is 0 Å². The highest BCUT2D eigenvalue weighted by atomic mass is 32.2. The van der Waals surface area contributed by atoms with Crippen molar-refractivity contribution in [3.05, 3.63) is 34.1 Å². The largest absolute Gasteiger partial charge is 0.338 e. The number of tetrazole rings is 1. The van der Waals surface area contributed by atoms with Gasteiger partial charge >= 0.3 is 0 Å². The predicted octanol–water partition coefficient (Wildman–Crippen LogP) is 2.02. The van der Waals surface area contributed by atoms with Gasteiger partial charge in [0.2, 0.25) is 11.0 Å². The van der Waals surface area contributed by atoms with E-state index in [9.17, 15) is 0 Å². The Hall–Kier alpha value is -1.74. The van der Waals surface area contributed by atoms with E-state index in [2.05, 4.69) is 31.7 Å². The number of hydrogen-bond donors (Lipinski definition) is 0. The lowest BCUT2D eigenvalue weighted by molar-refractivity contribution is 0.385. The van der Waals surface area contributed by atoms with Crippen LogP contribution in [0.5, 0.6) is 0 Å². The first kappa shape index (κ1) is 13.3. The molecule has 0 spiro atoms. The monoisotopic (exact) mass is 308 g/mol. The Morgan fingerprint density at radius 1 is 1.45 bits per heavy atom. The molecule has 0 bridgehead atoms. The molecular formula is C11H12N6OS2. The van der Waals surface area contributed by atoms with Crippen LogP contribution >= 0.6 is 23.1 Å². The summed E-state index contributed by atoms with van der Waals surface area (Å²) in [6, 6.07) is 4.08. The highest BCUT2D eigenvalue weighted by molar-refractivity contribution is 7.98. The van der Waals surface area contributed by atoms with Gasteiger partial charge in [0, 0.05) is 11.3 Å². The smallest absolute Gasteiger partial charge is 0.237 e. The summed E-state index contributed by atoms with van der Waals surface area (Å²) in [5.41, 5.74) is 0. The topological polar surface area (TPSA) is 82.5 Å². The molecule has 0 aromatic carbocycles. The number of aromatic nitrogens is 6. The van der Waals surface area contributed by atoms with E-state index in [4.69, 9.17) is 4.52 Å². The summed E-state index contributed by atoms with van der Waals surface area (Å²) in [4.78, 5) is 5.47. The average Bonchev–Trinajstić information content (AvgIpc) is 3.19. The fourth-order valence-electron chi connectivity index (χ4n) is 1.57. The van der Waals surface area contributed by atoms with Crippen LogP contribution in [0.2, 0.25) is 0 Å². The van der Waals surface area contributed by atoms with Gasteiger partial charge in [0.05, 0.1) is 12.3 Å². The van der Waals surface area contributed by atoms with Crippen LogP contribution in [0.1, 0.15) is 23.5 Å². The van der Waals surface area contributed by atoms with Crippen LogP contribution in [0, 0.1) is 0 Å². The molecule has 0 N–H and O–H groups in total. The molecule has 3 heterocycles. The van der Waals surface area contributed by atoms with Crippen molar-refractivity contribution >= 4 is 23.1 Å². The van der Waals surface area contributed by atoms with Crippen molar-refractivity contribution in [1.29, 1.82) is 0 Å². The van der Waals surface area contributed by atoms with Crippen LogP contribution in [0.3, 0.4) is 0 Å². The maximum absolute atomic E-state index is 5.14. The van der Waals surface area contributed by atoms with Crippen molar-refractivity contribution in [2.24, 2.45) is 0 Å². The van der Waals surface area contributed by atoms with Gasteiger partial charge in [-0.2, -0.15) is 4.98 Å². The van der Waals surface area contributed by atoms with E-state index >= 15 is 0 Å². The lowest BCUT2D eigenvalue weighted by Gasteiger charge is -2.00. The summed E-state index contributed by atoms with van der Waals surface area (Å²) in [7, 11) is 0. The number of thioether (sulfide) groups is 1. The van der Waals surface area contributed by atoms with Crippen molar-refractivity contribution in [1.82, 2.24) is 30.3 Å². The highest BCUT2D eigenvalue weighted by Gasteiger charge is 2.11. The molecule has 0 saturated heterocycles. The number of aryl methyl sites for hydroxylation is 1. The quantitative estimate of drug-likeness (QED) is 0.644. The molecular weight excluding hydrogens is 296 g/mol. The van der Waals surface area contributed by atoms with Crippen LogP contribution in [-0.4, -0.2) is 30.3 Å². The number of thiophene rings is 1. The molecule has 3 rings (SSSR count). The maximum Gasteiger partial charge on any atom is 0.237 e. The molecule has 0 atom stereocenters. The second-order valence-corrected chi connectivity index (χ2v) is 5.92. The molecule has 0 aliphatic heterocycles. The first-order valence-corrected chi connectivity index (χ1v) is 7.94. The molecule has 0 fully saturated rings. The van der Waals surface area contributed by atoms with Crippen molar-refractivity contribution in [2.45, 2.75) is 30.8 Å². The molecule has 3 aromatic rings. The zero-order valence-corrected chi connectivity index (χ0v) is 12.4. The molecule has 3 aromatic heterocycles. The minimum atomic E-state index is 0.567. The molecule has 0 saturated carbocycles. The van der Waals surface area contributed by atoms with Crippen LogP contribution < -0.4 is 0 Å². The molecule has 0 radical (unpaired) electrons. The zero-order chi connectivity index (χ0) is 13.8. The lowest BCUT2D eigenvalue weighted by atomic mass is 10.5. The summed E-state index contributed by atoms with van der Waals surface area (Å²) in [5, 5.41) is 18.4. The Morgan fingerprint density at radius 3 is 3.15 bits per heavy atom. The molecule has 9 heteroatoms. The summed E-state index contributed by atoms with van der Waals surface area (Å²) in [6.45, 7) is 2.67. The molecule has 0 amide bonds. The normalized spacial score (nSPS) is 11.1. The number of nitrogens with zero attached hydrogens (tertiary/aromatic N) is 6. The third-order valence-electron chi connectivity index (χ3n) is 2.54. The first-order valence-electron chi connectivity index (χ1n) is 6.08. The summed E-state index contributed by atoms with van der Waals surface area (Å²) >= 11 is 3.17. The van der Waals surface area contributed by atoms with Gasteiger partial charge in [0.15, 0.2) is 5.82 Å². The molecule has 0 aliphatic carbocycles.